The Kier molecular flexibility index (Phi) is 6.59. The first-order valence-electron chi connectivity index (χ1n) is 12.4. The predicted octanol–water partition coefficient (Wildman–Crippen LogP) is -16.2. The topological polar surface area (TPSA) is 0 Å². The number of halogens is 1. The molecule has 152 valence electrons. The molecule has 0 nitrogen and oxygen atoms in total. The lowest BCUT2D eigenvalue weighted by atomic mass is 9.57. The van der Waals surface area contributed by atoms with Crippen LogP contribution in [0.1, 0.15) is 0 Å². The Hall–Kier alpha value is -1.28. The minimum absolute atomic E-state index is 1.25. The molecule has 4 aromatic rings. The molecule has 0 N–H and O–H groups in total. The van der Waals surface area contributed by atoms with Crippen molar-refractivity contribution in [1.29, 1.82) is 0 Å². The molecule has 0 bridgehead atoms. The summed E-state index contributed by atoms with van der Waals surface area (Å²) in [6.45, 7) is 0. The summed E-state index contributed by atoms with van der Waals surface area (Å²) < 4.78 is 1.25. The average molecular weight is 487 g/mol. The quantitative estimate of drug-likeness (QED) is 0.185. The fourth-order valence-corrected chi connectivity index (χ4v) is 7.16. The van der Waals surface area contributed by atoms with E-state index in [1.165, 1.54) is 108 Å². The Morgan fingerprint density at radius 2 is 0.500 bits per heavy atom. The minimum Gasteiger partial charge on any atom is -0.102 e. The lowest BCUT2D eigenvalue weighted by Crippen LogP contribution is -2.55. The zero-order valence-electron chi connectivity index (χ0n) is 23.4. The van der Waals surface area contributed by atoms with Crippen molar-refractivity contribution < 1.29 is 0 Å². The van der Waals surface area contributed by atoms with Crippen molar-refractivity contribution in [3.05, 3.63) is 4.47 Å². The fourth-order valence-electron chi connectivity index (χ4n) is 6.17. The van der Waals surface area contributed by atoms with Crippen molar-refractivity contribution in [3.8, 4) is 11.1 Å². The summed E-state index contributed by atoms with van der Waals surface area (Å²) in [5.74, 6) is 0. The highest BCUT2D eigenvalue weighted by molar-refractivity contribution is 9.10. The van der Waals surface area contributed by atoms with Gasteiger partial charge in [-0.05, 0) is 48.6 Å². The SMILES string of the molecule is Bc1c(B)c(B)c(-c2c3c(B)c(B)c(B)c(B)c3c(Br)c3c(B)c(B)c(B)c(B)c23)c(B)c1B. The van der Waals surface area contributed by atoms with E-state index in [1.807, 2.05) is 0 Å². The normalized spacial score (nSPS) is 11.4. The maximum atomic E-state index is 4.15. The smallest absolute Gasteiger partial charge is 0.102 e. The molecule has 0 aliphatic rings. The molecule has 0 saturated carbocycles. The Bertz CT molecular complexity index is 1480. The molecule has 0 aromatic heterocycles. The van der Waals surface area contributed by atoms with Crippen molar-refractivity contribution in [2.75, 3.05) is 0 Å². The van der Waals surface area contributed by atoms with Gasteiger partial charge in [-0.25, -0.2) is 0 Å². The molecule has 0 spiro atoms. The first kappa shape index (κ1) is 25.8. The molecular formula is C20H26B13Br. The van der Waals surface area contributed by atoms with E-state index in [4.69, 9.17) is 0 Å². The largest absolute Gasteiger partial charge is 0.139 e. The van der Waals surface area contributed by atoms with Gasteiger partial charge in [-0.15, -0.1) is 38.2 Å². The minimum atomic E-state index is 1.25. The van der Waals surface area contributed by atoms with E-state index in [0.717, 1.165) is 0 Å². The van der Waals surface area contributed by atoms with Gasteiger partial charge in [0.15, 0.2) is 0 Å². The van der Waals surface area contributed by atoms with Crippen LogP contribution in [0, 0.1) is 0 Å². The first-order valence-corrected chi connectivity index (χ1v) is 13.2. The van der Waals surface area contributed by atoms with E-state index in [1.54, 1.807) is 0 Å². The van der Waals surface area contributed by atoms with Gasteiger partial charge in [0.1, 0.15) is 102 Å². The molecule has 0 unspecified atom stereocenters. The summed E-state index contributed by atoms with van der Waals surface area (Å²) in [5, 5.41) is 5.59. The molecule has 0 atom stereocenters. The number of benzene rings is 4. The van der Waals surface area contributed by atoms with Crippen molar-refractivity contribution in [1.82, 2.24) is 0 Å². The second-order valence-electron chi connectivity index (χ2n) is 10.7. The van der Waals surface area contributed by atoms with Gasteiger partial charge in [0.25, 0.3) is 0 Å². The molecule has 0 fully saturated rings. The monoisotopic (exact) mass is 488 g/mol. The Morgan fingerprint density at radius 1 is 0.265 bits per heavy atom. The number of hydrogen-bond donors (Lipinski definition) is 0. The van der Waals surface area contributed by atoms with Crippen LogP contribution in [0.5, 0.6) is 0 Å². The zero-order valence-corrected chi connectivity index (χ0v) is 25.0. The van der Waals surface area contributed by atoms with Crippen LogP contribution in [0.25, 0.3) is 32.7 Å². The van der Waals surface area contributed by atoms with E-state index in [-0.39, 0.29) is 0 Å². The van der Waals surface area contributed by atoms with E-state index in [0.29, 0.717) is 0 Å². The van der Waals surface area contributed by atoms with Gasteiger partial charge >= 0.3 is 0 Å². The van der Waals surface area contributed by atoms with Crippen LogP contribution in [0.2, 0.25) is 0 Å². The van der Waals surface area contributed by atoms with Gasteiger partial charge < -0.3 is 0 Å². The van der Waals surface area contributed by atoms with Crippen molar-refractivity contribution >= 4 is 210 Å². The molecule has 0 heterocycles. The van der Waals surface area contributed by atoms with Crippen molar-refractivity contribution in [2.24, 2.45) is 0 Å². The molecular weight excluding hydrogens is 461 g/mol. The van der Waals surface area contributed by atoms with Crippen LogP contribution >= 0.6 is 15.9 Å². The average Bonchev–Trinajstić information content (AvgIpc) is 2.81. The summed E-state index contributed by atoms with van der Waals surface area (Å²) >= 11 is 4.15. The van der Waals surface area contributed by atoms with Crippen LogP contribution in [-0.2, 0) is 0 Å². The highest BCUT2D eigenvalue weighted by atomic mass is 79.9. The molecule has 0 aliphatic carbocycles. The number of hydrogen-bond acceptors (Lipinski definition) is 0. The van der Waals surface area contributed by atoms with E-state index in [2.05, 4.69) is 118 Å². The third-order valence-electron chi connectivity index (χ3n) is 9.56. The molecule has 14 heteroatoms. The molecule has 4 aromatic carbocycles. The van der Waals surface area contributed by atoms with Crippen molar-refractivity contribution in [2.45, 2.75) is 0 Å². The third-order valence-corrected chi connectivity index (χ3v) is 10.4. The Balaban J connectivity index is 2.55. The van der Waals surface area contributed by atoms with Crippen molar-refractivity contribution in [3.63, 3.8) is 0 Å². The predicted molar refractivity (Wildman–Crippen MR) is 201 cm³/mol. The fraction of sp³-hybridized carbons (Fsp3) is 0. The summed E-state index contributed by atoms with van der Waals surface area (Å²) in [4.78, 5) is 0. The summed E-state index contributed by atoms with van der Waals surface area (Å²) in [5.41, 5.74) is 21.1. The zero-order chi connectivity index (χ0) is 25.5. The molecule has 34 heavy (non-hydrogen) atoms. The molecule has 0 saturated heterocycles. The number of rotatable bonds is 1. The summed E-state index contributed by atoms with van der Waals surface area (Å²) in [7, 11) is 29.9. The van der Waals surface area contributed by atoms with Gasteiger partial charge in [-0.2, -0.15) is 0 Å². The van der Waals surface area contributed by atoms with E-state index < -0.39 is 0 Å². The van der Waals surface area contributed by atoms with Crippen LogP contribution < -0.4 is 71.0 Å². The maximum absolute atomic E-state index is 4.15. The van der Waals surface area contributed by atoms with Gasteiger partial charge in [0.05, 0.1) is 0 Å². The second kappa shape index (κ2) is 8.68. The standard InChI is InChI=1S/C20H26B13Br/c21-7-2-1(4-9(23)15(29)19(33)16(30)10(4)24)3-6(12(26)18(32)14(28)8(3)22)20(34)5(2)11(25)17(31)13(7)27/h21-33H2. The first-order chi connectivity index (χ1) is 15.7. The van der Waals surface area contributed by atoms with E-state index in [9.17, 15) is 0 Å². The van der Waals surface area contributed by atoms with E-state index >= 15 is 0 Å². The highest BCUT2D eigenvalue weighted by Crippen LogP contribution is 2.36. The van der Waals surface area contributed by atoms with Gasteiger partial charge in [-0.1, -0.05) is 32.8 Å². The molecule has 0 aliphatic heterocycles. The van der Waals surface area contributed by atoms with Crippen LogP contribution in [0.4, 0.5) is 0 Å². The maximum Gasteiger partial charge on any atom is 0.139 e. The Labute approximate surface area is 225 Å². The van der Waals surface area contributed by atoms with Crippen LogP contribution in [-0.4, -0.2) is 102 Å². The van der Waals surface area contributed by atoms with Crippen LogP contribution in [0.3, 0.4) is 0 Å². The lowest BCUT2D eigenvalue weighted by molar-refractivity contribution is 1.86. The third kappa shape index (κ3) is 3.30. The Morgan fingerprint density at radius 3 is 0.824 bits per heavy atom. The lowest BCUT2D eigenvalue weighted by Gasteiger charge is -2.29. The molecule has 4 rings (SSSR count). The highest BCUT2D eigenvalue weighted by Gasteiger charge is 2.25. The molecule has 0 radical (unpaired) electrons. The van der Waals surface area contributed by atoms with Gasteiger partial charge in [0.2, 0.25) is 0 Å². The summed E-state index contributed by atoms with van der Waals surface area (Å²) in [6, 6.07) is 0. The van der Waals surface area contributed by atoms with Gasteiger partial charge in [0, 0.05) is 4.47 Å². The second-order valence-corrected chi connectivity index (χ2v) is 11.5. The van der Waals surface area contributed by atoms with Gasteiger partial charge in [-0.3, -0.25) is 0 Å². The molecule has 0 amide bonds. The van der Waals surface area contributed by atoms with Crippen LogP contribution in [0.15, 0.2) is 4.47 Å². The number of fused-ring (bicyclic) bond motifs is 2. The summed E-state index contributed by atoms with van der Waals surface area (Å²) in [6.07, 6.45) is 0.